The third-order valence-electron chi connectivity index (χ3n) is 0.370. The lowest BCUT2D eigenvalue weighted by Gasteiger charge is -1.97. The van der Waals surface area contributed by atoms with Gasteiger partial charge in [-0.05, 0) is 4.53 Å². The van der Waals surface area contributed by atoms with Crippen molar-refractivity contribution in [1.29, 1.82) is 0 Å². The standard InChI is InChI=1S/C2H2F4O.C2H2F4.C2H3F.CH2F2/c3-2(4,5)1-7-6;3-1-2(4,5)6;1-2-3;2-1-3/h1H2;1H2;2H,1H2;1H2. The van der Waals surface area contributed by atoms with Crippen molar-refractivity contribution in [1.82, 2.24) is 0 Å². The van der Waals surface area contributed by atoms with Crippen molar-refractivity contribution in [2.75, 3.05) is 20.2 Å². The minimum Gasteiger partial charge on any atom is -0.241 e. The fourth-order valence-corrected chi connectivity index (χ4v) is 0.0619. The minimum absolute atomic E-state index is 0.250. The van der Waals surface area contributed by atoms with Gasteiger partial charge < -0.3 is 0 Å². The van der Waals surface area contributed by atoms with E-state index in [0.717, 1.165) is 0 Å². The van der Waals surface area contributed by atoms with Crippen molar-refractivity contribution in [2.24, 2.45) is 0 Å². The van der Waals surface area contributed by atoms with Crippen LogP contribution in [0.2, 0.25) is 0 Å². The third kappa shape index (κ3) is 107. The van der Waals surface area contributed by atoms with E-state index in [1.807, 2.05) is 0 Å². The zero-order valence-electron chi connectivity index (χ0n) is 8.97. The van der Waals surface area contributed by atoms with Crippen molar-refractivity contribution >= 4 is 0 Å². The fourth-order valence-electron chi connectivity index (χ4n) is 0.0619. The van der Waals surface area contributed by atoms with Crippen molar-refractivity contribution in [3.8, 4) is 0 Å². The fraction of sp³-hybridized carbons (Fsp3) is 0.714. The molecule has 0 aliphatic rings. The topological polar surface area (TPSA) is 9.23 Å². The second kappa shape index (κ2) is 16.9. The summed E-state index contributed by atoms with van der Waals surface area (Å²) in [6.07, 6.45) is -8.92. The maximum Gasteiger partial charge on any atom is 0.416 e. The quantitative estimate of drug-likeness (QED) is 0.622. The van der Waals surface area contributed by atoms with Gasteiger partial charge in [-0.1, -0.05) is 6.58 Å². The van der Waals surface area contributed by atoms with Gasteiger partial charge in [-0.15, -0.1) is 0 Å². The molecule has 12 heteroatoms. The molecule has 0 aromatic rings. The Morgan fingerprint density at radius 1 is 0.895 bits per heavy atom. The maximum atomic E-state index is 10.7. The van der Waals surface area contributed by atoms with E-state index in [-0.39, 0.29) is 6.33 Å². The minimum atomic E-state index is -4.62. The molecule has 0 spiro atoms. The summed E-state index contributed by atoms with van der Waals surface area (Å²) in [4.78, 5) is 2.28. The second-order valence-corrected chi connectivity index (χ2v) is 1.87. The van der Waals surface area contributed by atoms with Crippen molar-refractivity contribution in [2.45, 2.75) is 12.4 Å². The molecule has 0 aliphatic carbocycles. The lowest BCUT2D eigenvalue weighted by atomic mass is 10.7. The Morgan fingerprint density at radius 3 is 1.11 bits per heavy atom. The average Bonchev–Trinajstić information content (AvgIpc) is 2.18. The van der Waals surface area contributed by atoms with Crippen LogP contribution in [0.15, 0.2) is 12.9 Å². The second-order valence-electron chi connectivity index (χ2n) is 1.87. The highest BCUT2D eigenvalue weighted by molar-refractivity contribution is 4.41. The number of hydrogen-bond acceptors (Lipinski definition) is 1. The van der Waals surface area contributed by atoms with Gasteiger partial charge >= 0.3 is 12.4 Å². The largest absolute Gasteiger partial charge is 0.416 e. The molecule has 0 saturated heterocycles. The normalized spacial score (nSPS) is 9.84. The van der Waals surface area contributed by atoms with E-state index in [9.17, 15) is 48.4 Å². The van der Waals surface area contributed by atoms with E-state index < -0.39 is 32.6 Å². The maximum absolute atomic E-state index is 10.7. The predicted molar refractivity (Wildman–Crippen MR) is 43.5 cm³/mol. The molecule has 0 unspecified atom stereocenters. The number of rotatable bonds is 1. The molecular weight excluding hydrogens is 309 g/mol. The summed E-state index contributed by atoms with van der Waals surface area (Å²) >= 11 is 0. The SMILES string of the molecule is C=CF.FCC(F)(F)F.FCF.FOCC(F)(F)F. The first kappa shape index (κ1) is 26.5. The predicted octanol–water partition coefficient (Wildman–Crippen LogP) is 4.95. The summed E-state index contributed by atoms with van der Waals surface area (Å²) in [6.45, 7) is -3.11. The van der Waals surface area contributed by atoms with Crippen LogP contribution in [0, 0.1) is 0 Å². The van der Waals surface area contributed by atoms with Gasteiger partial charge in [0.25, 0.3) is 0 Å². The van der Waals surface area contributed by atoms with Crippen LogP contribution in [0.5, 0.6) is 0 Å². The average molecular weight is 318 g/mol. The highest BCUT2D eigenvalue weighted by atomic mass is 19.4. The van der Waals surface area contributed by atoms with Gasteiger partial charge in [0.15, 0.2) is 13.3 Å². The molecule has 0 bridgehead atoms. The van der Waals surface area contributed by atoms with Gasteiger partial charge in [-0.3, -0.25) is 0 Å². The summed E-state index contributed by atoms with van der Waals surface area (Å²) in [7, 11) is 0. The van der Waals surface area contributed by atoms with Gasteiger partial charge in [0.05, 0.1) is 6.33 Å². The van der Waals surface area contributed by atoms with Crippen LogP contribution in [0.1, 0.15) is 0 Å². The Morgan fingerprint density at radius 2 is 1.11 bits per heavy atom. The monoisotopic (exact) mass is 318 g/mol. The molecule has 1 nitrogen and oxygen atoms in total. The van der Waals surface area contributed by atoms with Crippen LogP contribution in [0.25, 0.3) is 0 Å². The number of alkyl halides is 9. The molecule has 0 saturated carbocycles. The van der Waals surface area contributed by atoms with Crippen LogP contribution in [-0.4, -0.2) is 32.6 Å². The molecule has 0 aromatic carbocycles. The first-order valence-electron chi connectivity index (χ1n) is 3.71. The lowest BCUT2D eigenvalue weighted by Crippen LogP contribution is -2.13. The smallest absolute Gasteiger partial charge is 0.241 e. The Balaban J connectivity index is -0.0000000851. The Labute approximate surface area is 100 Å². The molecule has 19 heavy (non-hydrogen) atoms. The lowest BCUT2D eigenvalue weighted by molar-refractivity contribution is -0.245. The van der Waals surface area contributed by atoms with E-state index in [1.54, 1.807) is 0 Å². The molecule has 0 amide bonds. The Bertz CT molecular complexity index is 163. The Hall–Kier alpha value is -1.07. The molecular formula is C7H9F11O. The summed E-state index contributed by atoms with van der Waals surface area (Å²) in [5.41, 5.74) is 0. The molecule has 0 heterocycles. The molecule has 0 fully saturated rings. The van der Waals surface area contributed by atoms with Gasteiger partial charge in [0.2, 0.25) is 6.93 Å². The number of hydrogen-bond donors (Lipinski definition) is 0. The molecule has 0 aromatic heterocycles. The van der Waals surface area contributed by atoms with E-state index >= 15 is 0 Å². The first-order chi connectivity index (χ1) is 8.45. The van der Waals surface area contributed by atoms with Crippen LogP contribution in [0.3, 0.4) is 0 Å². The summed E-state index contributed by atoms with van der Waals surface area (Å²) < 4.78 is 113. The summed E-state index contributed by atoms with van der Waals surface area (Å²) in [6, 6.07) is 0. The van der Waals surface area contributed by atoms with Gasteiger partial charge in [-0.25, -0.2) is 17.6 Å². The molecule has 0 radical (unpaired) electrons. The van der Waals surface area contributed by atoms with E-state index in [1.165, 1.54) is 0 Å². The van der Waals surface area contributed by atoms with Crippen LogP contribution < -0.4 is 0 Å². The van der Waals surface area contributed by atoms with Crippen molar-refractivity contribution < 1.29 is 53.4 Å². The molecule has 0 rings (SSSR count). The highest BCUT2D eigenvalue weighted by Gasteiger charge is 2.28. The highest BCUT2D eigenvalue weighted by Crippen LogP contribution is 2.14. The van der Waals surface area contributed by atoms with Gasteiger partial charge in [0, 0.05) is 0 Å². The van der Waals surface area contributed by atoms with E-state index in [4.69, 9.17) is 0 Å². The molecule has 0 atom stereocenters. The first-order valence-corrected chi connectivity index (χ1v) is 3.71. The van der Waals surface area contributed by atoms with E-state index in [0.29, 0.717) is 0 Å². The summed E-state index contributed by atoms with van der Waals surface area (Å²) in [5, 5.41) is 0. The van der Waals surface area contributed by atoms with Crippen LogP contribution >= 0.6 is 0 Å². The van der Waals surface area contributed by atoms with Gasteiger partial charge in [0.1, 0.15) is 0 Å². The van der Waals surface area contributed by atoms with Crippen molar-refractivity contribution in [3.63, 3.8) is 0 Å². The Kier molecular flexibility index (Phi) is 23.6. The molecule has 120 valence electrons. The van der Waals surface area contributed by atoms with Crippen molar-refractivity contribution in [3.05, 3.63) is 12.9 Å². The van der Waals surface area contributed by atoms with E-state index in [2.05, 4.69) is 11.5 Å². The number of halogens is 11. The molecule has 0 aliphatic heterocycles. The third-order valence-corrected chi connectivity index (χ3v) is 0.370. The zero-order chi connectivity index (χ0) is 16.5. The van der Waals surface area contributed by atoms with Gasteiger partial charge in [-0.2, -0.15) is 31.3 Å². The van der Waals surface area contributed by atoms with Crippen LogP contribution in [-0.2, 0) is 4.94 Å². The zero-order valence-corrected chi connectivity index (χ0v) is 8.97. The van der Waals surface area contributed by atoms with Crippen LogP contribution in [0.4, 0.5) is 48.4 Å². The summed E-state index contributed by atoms with van der Waals surface area (Å²) in [5.74, 6) is 0. The molecule has 0 N–H and O–H groups in total.